The van der Waals surface area contributed by atoms with Crippen molar-refractivity contribution in [3.8, 4) is 0 Å². The van der Waals surface area contributed by atoms with E-state index in [4.69, 9.17) is 4.74 Å². The number of fused-ring (bicyclic) bond motifs is 2. The van der Waals surface area contributed by atoms with Crippen LogP contribution in [-0.2, 0) is 16.1 Å². The summed E-state index contributed by atoms with van der Waals surface area (Å²) in [4.78, 5) is 21.7. The van der Waals surface area contributed by atoms with Crippen molar-refractivity contribution in [3.05, 3.63) is 30.6 Å². The number of morpholine rings is 1. The molecule has 1 aromatic carbocycles. The van der Waals surface area contributed by atoms with Crippen molar-refractivity contribution in [2.45, 2.75) is 31.5 Å². The Kier molecular flexibility index (Phi) is 4.82. The predicted octanol–water partition coefficient (Wildman–Crippen LogP) is 0.966. The fraction of sp³-hybridized carbons (Fsp3) is 0.619. The number of hydrogen-bond donors (Lipinski definition) is 1. The number of aliphatic hydroxyl groups excluding tert-OH is 1. The van der Waals surface area contributed by atoms with E-state index in [9.17, 15) is 9.90 Å². The molecule has 3 heterocycles. The van der Waals surface area contributed by atoms with Crippen LogP contribution in [0.4, 0.5) is 0 Å². The molecule has 0 bridgehead atoms. The molecule has 2 saturated heterocycles. The Morgan fingerprint density at radius 2 is 1.89 bits per heavy atom. The second-order valence-electron chi connectivity index (χ2n) is 8.43. The van der Waals surface area contributed by atoms with Gasteiger partial charge in [-0.2, -0.15) is 0 Å². The number of hydrogen-bond acceptors (Lipinski definition) is 5. The van der Waals surface area contributed by atoms with E-state index >= 15 is 0 Å². The van der Waals surface area contributed by atoms with Crippen LogP contribution in [0.15, 0.2) is 30.6 Å². The standard InChI is InChI=1S/C21H28N4O3/c26-20-10-16-12-24(11-15(16)9-19(20)23-5-7-28-8-6-23)21(27)13-25-14-22-17-3-1-2-4-18(17)25/h1-4,14-16,19-20,26H,5-13H2/t15-,16+,19-,20-/m1/s1. The first-order valence-electron chi connectivity index (χ1n) is 10.4. The van der Waals surface area contributed by atoms with Crippen LogP contribution < -0.4 is 0 Å². The first kappa shape index (κ1) is 18.1. The lowest BCUT2D eigenvalue weighted by Gasteiger charge is -2.43. The van der Waals surface area contributed by atoms with Crippen LogP contribution in [0.2, 0.25) is 0 Å². The Morgan fingerprint density at radius 1 is 1.14 bits per heavy atom. The van der Waals surface area contributed by atoms with Gasteiger partial charge >= 0.3 is 0 Å². The molecule has 0 spiro atoms. The zero-order valence-corrected chi connectivity index (χ0v) is 16.1. The topological polar surface area (TPSA) is 70.8 Å². The average Bonchev–Trinajstić information content (AvgIpc) is 3.32. The number of imidazole rings is 1. The molecule has 1 N–H and O–H groups in total. The molecule has 150 valence electrons. The molecule has 3 aliphatic rings. The molecule has 1 aliphatic carbocycles. The SMILES string of the molecule is O=C(Cn1cnc2ccccc21)N1C[C@H]2C[C@@H](N3CCOCC3)[C@H](O)C[C@H]2C1. The smallest absolute Gasteiger partial charge is 0.242 e. The second-order valence-corrected chi connectivity index (χ2v) is 8.43. The Morgan fingerprint density at radius 3 is 2.71 bits per heavy atom. The summed E-state index contributed by atoms with van der Waals surface area (Å²) >= 11 is 0. The summed E-state index contributed by atoms with van der Waals surface area (Å²) in [5.74, 6) is 1.05. The number of likely N-dealkylation sites (tertiary alicyclic amines) is 1. The van der Waals surface area contributed by atoms with Crippen LogP contribution in [0.25, 0.3) is 11.0 Å². The minimum Gasteiger partial charge on any atom is -0.391 e. The van der Waals surface area contributed by atoms with Gasteiger partial charge < -0.3 is 19.3 Å². The molecular formula is C21H28N4O3. The Balaban J connectivity index is 1.24. The molecular weight excluding hydrogens is 356 g/mol. The number of carbonyl (C=O) groups excluding carboxylic acids is 1. The molecule has 1 saturated carbocycles. The Bertz CT molecular complexity index is 847. The van der Waals surface area contributed by atoms with E-state index in [0.717, 1.165) is 63.3 Å². The molecule has 0 radical (unpaired) electrons. The van der Waals surface area contributed by atoms with Crippen molar-refractivity contribution in [3.63, 3.8) is 0 Å². The fourth-order valence-electron chi connectivity index (χ4n) is 5.29. The largest absolute Gasteiger partial charge is 0.391 e. The number of ether oxygens (including phenoxy) is 1. The van der Waals surface area contributed by atoms with Gasteiger partial charge in [-0.05, 0) is 36.8 Å². The molecule has 7 heteroatoms. The molecule has 2 aliphatic heterocycles. The van der Waals surface area contributed by atoms with E-state index in [1.54, 1.807) is 6.33 Å². The van der Waals surface area contributed by atoms with Crippen LogP contribution >= 0.6 is 0 Å². The number of rotatable bonds is 3. The summed E-state index contributed by atoms with van der Waals surface area (Å²) in [5, 5.41) is 10.7. The van der Waals surface area contributed by atoms with Gasteiger partial charge in [0.1, 0.15) is 6.54 Å². The van der Waals surface area contributed by atoms with Crippen LogP contribution in [-0.4, -0.2) is 81.9 Å². The number of para-hydroxylation sites is 2. The van der Waals surface area contributed by atoms with Gasteiger partial charge in [0.2, 0.25) is 5.91 Å². The third-order valence-electron chi connectivity index (χ3n) is 6.81. The van der Waals surface area contributed by atoms with Crippen molar-refractivity contribution in [2.24, 2.45) is 11.8 Å². The molecule has 1 aromatic heterocycles. The molecule has 7 nitrogen and oxygen atoms in total. The minimum atomic E-state index is -0.299. The second kappa shape index (κ2) is 7.46. The Hall–Kier alpha value is -1.96. The van der Waals surface area contributed by atoms with Crippen molar-refractivity contribution in [1.82, 2.24) is 19.4 Å². The number of benzene rings is 1. The third-order valence-corrected chi connectivity index (χ3v) is 6.81. The van der Waals surface area contributed by atoms with Gasteiger partial charge in [-0.15, -0.1) is 0 Å². The van der Waals surface area contributed by atoms with Gasteiger partial charge in [0.25, 0.3) is 0 Å². The summed E-state index contributed by atoms with van der Waals surface area (Å²) in [7, 11) is 0. The highest BCUT2D eigenvalue weighted by Gasteiger charge is 2.44. The van der Waals surface area contributed by atoms with E-state index in [2.05, 4.69) is 9.88 Å². The number of nitrogens with zero attached hydrogens (tertiary/aromatic N) is 4. The van der Waals surface area contributed by atoms with E-state index in [-0.39, 0.29) is 18.1 Å². The maximum absolute atomic E-state index is 13.0. The van der Waals surface area contributed by atoms with E-state index in [0.29, 0.717) is 18.4 Å². The van der Waals surface area contributed by atoms with E-state index in [1.807, 2.05) is 33.7 Å². The number of aromatic nitrogens is 2. The average molecular weight is 384 g/mol. The molecule has 0 unspecified atom stereocenters. The van der Waals surface area contributed by atoms with Crippen LogP contribution in [0.5, 0.6) is 0 Å². The molecule has 4 atom stereocenters. The number of carbonyl (C=O) groups is 1. The molecule has 28 heavy (non-hydrogen) atoms. The van der Waals surface area contributed by atoms with Crippen molar-refractivity contribution >= 4 is 16.9 Å². The quantitative estimate of drug-likeness (QED) is 0.854. The maximum Gasteiger partial charge on any atom is 0.242 e. The monoisotopic (exact) mass is 384 g/mol. The van der Waals surface area contributed by atoms with Gasteiger partial charge in [0.05, 0.1) is 36.7 Å². The van der Waals surface area contributed by atoms with Gasteiger partial charge in [-0.25, -0.2) is 4.98 Å². The third kappa shape index (κ3) is 3.32. The van der Waals surface area contributed by atoms with Gasteiger partial charge in [0.15, 0.2) is 0 Å². The Labute approximate surface area is 164 Å². The van der Waals surface area contributed by atoms with Gasteiger partial charge in [-0.1, -0.05) is 12.1 Å². The summed E-state index contributed by atoms with van der Waals surface area (Å²) in [5.41, 5.74) is 1.91. The zero-order valence-electron chi connectivity index (χ0n) is 16.1. The van der Waals surface area contributed by atoms with Crippen molar-refractivity contribution < 1.29 is 14.6 Å². The number of aliphatic hydroxyl groups is 1. The fourth-order valence-corrected chi connectivity index (χ4v) is 5.29. The minimum absolute atomic E-state index is 0.148. The highest BCUT2D eigenvalue weighted by molar-refractivity contribution is 5.80. The van der Waals surface area contributed by atoms with Gasteiger partial charge in [-0.3, -0.25) is 9.69 Å². The lowest BCUT2D eigenvalue weighted by molar-refractivity contribution is -0.131. The van der Waals surface area contributed by atoms with Gasteiger partial charge in [0, 0.05) is 32.2 Å². The lowest BCUT2D eigenvalue weighted by atomic mass is 9.77. The summed E-state index contributed by atoms with van der Waals surface area (Å²) in [6.45, 7) is 5.20. The predicted molar refractivity (Wildman–Crippen MR) is 105 cm³/mol. The lowest BCUT2D eigenvalue weighted by Crippen LogP contribution is -2.53. The normalized spacial score (nSPS) is 31.2. The van der Waals surface area contributed by atoms with E-state index < -0.39 is 0 Å². The molecule has 5 rings (SSSR count). The van der Waals surface area contributed by atoms with Crippen LogP contribution in [0.1, 0.15) is 12.8 Å². The summed E-state index contributed by atoms with van der Waals surface area (Å²) in [6, 6.07) is 8.11. The zero-order chi connectivity index (χ0) is 19.1. The molecule has 3 fully saturated rings. The van der Waals surface area contributed by atoms with Crippen LogP contribution in [0, 0.1) is 11.8 Å². The molecule has 1 amide bonds. The van der Waals surface area contributed by atoms with Crippen LogP contribution in [0.3, 0.4) is 0 Å². The molecule has 2 aromatic rings. The van der Waals surface area contributed by atoms with Crippen molar-refractivity contribution in [1.29, 1.82) is 0 Å². The summed E-state index contributed by atoms with van der Waals surface area (Å²) in [6.07, 6.45) is 3.23. The highest BCUT2D eigenvalue weighted by Crippen LogP contribution is 2.38. The maximum atomic E-state index is 13.0. The van der Waals surface area contributed by atoms with Crippen molar-refractivity contribution in [2.75, 3.05) is 39.4 Å². The first-order valence-corrected chi connectivity index (χ1v) is 10.4. The van der Waals surface area contributed by atoms with E-state index in [1.165, 1.54) is 0 Å². The summed E-state index contributed by atoms with van der Waals surface area (Å²) < 4.78 is 7.39. The highest BCUT2D eigenvalue weighted by atomic mass is 16.5. The first-order chi connectivity index (χ1) is 13.7. The number of amides is 1.